The highest BCUT2D eigenvalue weighted by atomic mass is 32.8. The molecule has 4 unspecified atom stereocenters. The predicted molar refractivity (Wildman–Crippen MR) is 193 cm³/mol. The smallest absolute Gasteiger partial charge is 0.00636 e. The average molecular weight is 625 g/mol. The lowest BCUT2D eigenvalue weighted by atomic mass is 10.2. The van der Waals surface area contributed by atoms with Crippen LogP contribution in [0, 0.1) is 0 Å². The van der Waals surface area contributed by atoms with E-state index in [4.69, 9.17) is 0 Å². The Hall–Kier alpha value is -1.75. The lowest BCUT2D eigenvalue weighted by molar-refractivity contribution is 0.710. The molecule has 0 aliphatic carbocycles. The van der Waals surface area contributed by atoms with Crippen molar-refractivity contribution >= 4 is 63.6 Å². The summed E-state index contributed by atoms with van der Waals surface area (Å²) in [6.45, 7) is 0. The maximum Gasteiger partial charge on any atom is -0.00636 e. The minimum atomic E-state index is -0.469. The minimum absolute atomic E-state index is 0.339. The van der Waals surface area contributed by atoms with Gasteiger partial charge in [0.15, 0.2) is 0 Å². The summed E-state index contributed by atoms with van der Waals surface area (Å²) in [6.07, 6.45) is 8.08. The van der Waals surface area contributed by atoms with Crippen LogP contribution < -0.4 is 26.5 Å². The van der Waals surface area contributed by atoms with Crippen molar-refractivity contribution in [2.45, 2.75) is 25.7 Å². The molecular formula is C36H37P5. The summed E-state index contributed by atoms with van der Waals surface area (Å²) in [6, 6.07) is 58.6. The SMILES string of the molecule is c1ccc(P2CCCCCCP(c3ccccc3)P(c3ccccc3)P(c3ccccc3)P2c2ccccc2)cc1. The molecular weight excluding hydrogens is 587 g/mol. The molecule has 0 saturated carbocycles. The molecule has 4 atom stereocenters. The molecule has 1 saturated heterocycles. The third-order valence-corrected chi connectivity index (χ3v) is 39.1. The summed E-state index contributed by atoms with van der Waals surface area (Å²) in [5.41, 5.74) is 0. The third kappa shape index (κ3) is 7.25. The first-order chi connectivity index (χ1) is 20.4. The Morgan fingerprint density at radius 2 is 0.537 bits per heavy atom. The van der Waals surface area contributed by atoms with Crippen LogP contribution in [0.25, 0.3) is 0 Å². The molecule has 206 valence electrons. The summed E-state index contributed by atoms with van der Waals surface area (Å²) in [7, 11) is -2.02. The second-order valence-electron chi connectivity index (χ2n) is 10.2. The van der Waals surface area contributed by atoms with Gasteiger partial charge in [0.05, 0.1) is 0 Å². The summed E-state index contributed by atoms with van der Waals surface area (Å²) in [5, 5.41) is 8.04. The fourth-order valence-corrected chi connectivity index (χ4v) is 48.2. The third-order valence-electron chi connectivity index (χ3n) is 7.38. The summed E-state index contributed by atoms with van der Waals surface area (Å²) < 4.78 is 0. The quantitative estimate of drug-likeness (QED) is 0.171. The number of hydrogen-bond acceptors (Lipinski definition) is 0. The zero-order valence-electron chi connectivity index (χ0n) is 23.4. The van der Waals surface area contributed by atoms with Gasteiger partial charge in [0.1, 0.15) is 0 Å². The number of rotatable bonds is 5. The topological polar surface area (TPSA) is 0 Å². The van der Waals surface area contributed by atoms with Gasteiger partial charge in [-0.15, -0.1) is 0 Å². The first-order valence-corrected chi connectivity index (χ1v) is 24.5. The van der Waals surface area contributed by atoms with Crippen molar-refractivity contribution in [1.82, 2.24) is 0 Å². The van der Waals surface area contributed by atoms with E-state index in [1.54, 1.807) is 26.5 Å². The molecule has 0 amide bonds. The Morgan fingerprint density at radius 3 is 0.854 bits per heavy atom. The lowest BCUT2D eigenvalue weighted by Crippen LogP contribution is -2.14. The van der Waals surface area contributed by atoms with Crippen molar-refractivity contribution in [3.8, 4) is 0 Å². The molecule has 6 rings (SSSR count). The zero-order chi connectivity index (χ0) is 27.7. The fourth-order valence-electron chi connectivity index (χ4n) is 5.43. The van der Waals surface area contributed by atoms with Crippen molar-refractivity contribution in [1.29, 1.82) is 0 Å². The molecule has 0 spiro atoms. The van der Waals surface area contributed by atoms with Gasteiger partial charge < -0.3 is 0 Å². The van der Waals surface area contributed by atoms with Crippen molar-refractivity contribution in [3.05, 3.63) is 152 Å². The first kappa shape index (κ1) is 29.3. The van der Waals surface area contributed by atoms with Crippen molar-refractivity contribution in [3.63, 3.8) is 0 Å². The lowest BCUT2D eigenvalue weighted by Gasteiger charge is -2.43. The molecule has 0 radical (unpaired) electrons. The minimum Gasteiger partial charge on any atom is -0.0622 e. The Bertz CT molecular complexity index is 1350. The van der Waals surface area contributed by atoms with Crippen LogP contribution in [-0.2, 0) is 0 Å². The molecule has 0 aromatic heterocycles. The monoisotopic (exact) mass is 624 g/mol. The van der Waals surface area contributed by atoms with Crippen LogP contribution in [-0.4, -0.2) is 12.3 Å². The molecule has 0 N–H and O–H groups in total. The van der Waals surface area contributed by atoms with E-state index >= 15 is 0 Å². The number of benzene rings is 5. The van der Waals surface area contributed by atoms with Gasteiger partial charge in [-0.1, -0.05) is 165 Å². The molecule has 5 heteroatoms. The second kappa shape index (κ2) is 15.1. The second-order valence-corrected chi connectivity index (χ2v) is 30.0. The molecule has 0 bridgehead atoms. The fraction of sp³-hybridized carbons (Fsp3) is 0.167. The highest BCUT2D eigenvalue weighted by Gasteiger charge is 2.41. The van der Waals surface area contributed by atoms with E-state index < -0.39 is 21.9 Å². The molecule has 1 fully saturated rings. The van der Waals surface area contributed by atoms with Crippen LogP contribution in [0.5, 0.6) is 0 Å². The Kier molecular flexibility index (Phi) is 10.8. The maximum atomic E-state index is 2.49. The highest BCUT2D eigenvalue weighted by molar-refractivity contribution is 8.90. The van der Waals surface area contributed by atoms with E-state index in [0.29, 0.717) is 0 Å². The maximum absolute atomic E-state index is 2.49. The summed E-state index contributed by atoms with van der Waals surface area (Å²) >= 11 is 0. The van der Waals surface area contributed by atoms with E-state index in [9.17, 15) is 0 Å². The van der Waals surface area contributed by atoms with E-state index in [0.717, 1.165) is 0 Å². The van der Waals surface area contributed by atoms with Crippen LogP contribution in [0.1, 0.15) is 25.7 Å². The Balaban J connectivity index is 1.64. The molecule has 0 nitrogen and oxygen atoms in total. The van der Waals surface area contributed by atoms with Gasteiger partial charge in [0.25, 0.3) is 0 Å². The highest BCUT2D eigenvalue weighted by Crippen LogP contribution is 3.01. The largest absolute Gasteiger partial charge is 0.0622 e. The van der Waals surface area contributed by atoms with Crippen LogP contribution >= 0.6 is 37.1 Å². The Morgan fingerprint density at radius 1 is 0.268 bits per heavy atom. The standard InChI is InChI=1S/C36H37P5/c1-2-19-31-38(33-22-10-4-11-23-33)40(35-26-14-6-15-27-35)41(36-28-16-7-17-29-36)39(34-24-12-5-13-25-34)37(30-18-1)32-20-8-3-9-21-32/h3-17,20-29H,1-2,18-19,30-31H2. The molecule has 5 aromatic carbocycles. The van der Waals surface area contributed by atoms with Crippen LogP contribution in [0.2, 0.25) is 0 Å². The van der Waals surface area contributed by atoms with Crippen molar-refractivity contribution in [2.75, 3.05) is 12.3 Å². The molecule has 1 heterocycles. The first-order valence-electron chi connectivity index (χ1n) is 14.6. The van der Waals surface area contributed by atoms with Crippen molar-refractivity contribution < 1.29 is 0 Å². The van der Waals surface area contributed by atoms with Gasteiger partial charge in [0.2, 0.25) is 0 Å². The van der Waals surface area contributed by atoms with Gasteiger partial charge in [-0.25, -0.2) is 0 Å². The average Bonchev–Trinajstić information content (AvgIpc) is 3.09. The summed E-state index contributed by atoms with van der Waals surface area (Å²) in [5.74, 6) is 0. The van der Waals surface area contributed by atoms with Gasteiger partial charge in [-0.2, -0.15) is 0 Å². The van der Waals surface area contributed by atoms with Crippen molar-refractivity contribution in [2.24, 2.45) is 0 Å². The summed E-state index contributed by atoms with van der Waals surface area (Å²) in [4.78, 5) is 0. The number of hydrogen-bond donors (Lipinski definition) is 0. The van der Waals surface area contributed by atoms with E-state index in [1.165, 1.54) is 38.0 Å². The van der Waals surface area contributed by atoms with Gasteiger partial charge >= 0.3 is 0 Å². The van der Waals surface area contributed by atoms with E-state index in [-0.39, 0.29) is 15.2 Å². The van der Waals surface area contributed by atoms with Gasteiger partial charge in [0, 0.05) is 0 Å². The van der Waals surface area contributed by atoms with Gasteiger partial charge in [-0.3, -0.25) is 0 Å². The predicted octanol–water partition coefficient (Wildman–Crippen LogP) is 10.3. The van der Waals surface area contributed by atoms with E-state index in [1.807, 2.05) is 0 Å². The molecule has 1 aliphatic heterocycles. The molecule has 5 aromatic rings. The molecule has 1 aliphatic rings. The van der Waals surface area contributed by atoms with Gasteiger partial charge in [-0.05, 0) is 88.8 Å². The van der Waals surface area contributed by atoms with E-state index in [2.05, 4.69) is 152 Å². The van der Waals surface area contributed by atoms with Crippen LogP contribution in [0.4, 0.5) is 0 Å². The zero-order valence-corrected chi connectivity index (χ0v) is 27.9. The Labute approximate surface area is 252 Å². The van der Waals surface area contributed by atoms with Crippen LogP contribution in [0.3, 0.4) is 0 Å². The van der Waals surface area contributed by atoms with Crippen LogP contribution in [0.15, 0.2) is 152 Å². The molecule has 41 heavy (non-hydrogen) atoms. The normalized spacial score (nSPS) is 23.8.